The van der Waals surface area contributed by atoms with Crippen molar-refractivity contribution in [3.8, 4) is 0 Å². The average molecular weight is 475 g/mol. The Morgan fingerprint density at radius 3 is 2.71 bits per heavy atom. The third-order valence-electron chi connectivity index (χ3n) is 6.68. The number of amides is 2. The van der Waals surface area contributed by atoms with Gasteiger partial charge in [-0.05, 0) is 36.1 Å². The van der Waals surface area contributed by atoms with Crippen LogP contribution in [-0.4, -0.2) is 68.1 Å². The second-order valence-corrected chi connectivity index (χ2v) is 9.26. The highest BCUT2D eigenvalue weighted by Gasteiger charge is 2.24. The number of carbonyl (C=O) groups excluding carboxylic acids is 2. The molecule has 2 aliphatic rings. The number of nitrogens with one attached hydrogen (secondary N) is 2. The minimum atomic E-state index is -0.658. The molecule has 4 heterocycles. The Hall–Kier alpha value is -3.56. The molecule has 0 saturated heterocycles. The first-order chi connectivity index (χ1) is 17.0. The number of rotatable bonds is 7. The number of benzene rings is 1. The summed E-state index contributed by atoms with van der Waals surface area (Å²) < 4.78 is 1.93. The average Bonchev–Trinajstić information content (AvgIpc) is 3.31. The normalized spacial score (nSPS) is 18.3. The van der Waals surface area contributed by atoms with E-state index in [1.165, 1.54) is 11.1 Å². The van der Waals surface area contributed by atoms with Crippen LogP contribution >= 0.6 is 0 Å². The molecule has 0 aliphatic carbocycles. The predicted molar refractivity (Wildman–Crippen MR) is 130 cm³/mol. The molecule has 9 heteroatoms. The molecule has 2 aromatic heterocycles. The van der Waals surface area contributed by atoms with E-state index in [2.05, 4.69) is 43.7 Å². The molecule has 182 valence electrons. The Morgan fingerprint density at radius 2 is 1.89 bits per heavy atom. The number of hydrogen-bond donors (Lipinski definition) is 3. The first-order valence-corrected chi connectivity index (χ1v) is 12.1. The number of aliphatic hydroxyl groups is 1. The molecule has 0 fully saturated rings. The van der Waals surface area contributed by atoms with Gasteiger partial charge in [0.1, 0.15) is 11.5 Å². The first kappa shape index (κ1) is 23.2. The second-order valence-electron chi connectivity index (χ2n) is 9.26. The van der Waals surface area contributed by atoms with Crippen LogP contribution in [0.4, 0.5) is 0 Å². The van der Waals surface area contributed by atoms with Crippen molar-refractivity contribution in [3.63, 3.8) is 0 Å². The molecule has 0 spiro atoms. The Bertz CT molecular complexity index is 1190. The van der Waals surface area contributed by atoms with E-state index in [1.54, 1.807) is 30.7 Å². The zero-order chi connectivity index (χ0) is 24.2. The minimum Gasteiger partial charge on any atom is -0.390 e. The van der Waals surface area contributed by atoms with Crippen LogP contribution < -0.4 is 10.6 Å². The lowest BCUT2D eigenvalue weighted by molar-refractivity contribution is 0.0838. The fourth-order valence-electron chi connectivity index (χ4n) is 4.82. The van der Waals surface area contributed by atoms with E-state index in [4.69, 9.17) is 0 Å². The lowest BCUT2D eigenvalue weighted by atomic mass is 10.00. The quantitative estimate of drug-likeness (QED) is 0.474. The van der Waals surface area contributed by atoms with Crippen LogP contribution in [0.2, 0.25) is 0 Å². The second kappa shape index (κ2) is 10.4. The van der Waals surface area contributed by atoms with Gasteiger partial charge in [0.15, 0.2) is 0 Å². The largest absolute Gasteiger partial charge is 0.390 e. The van der Waals surface area contributed by atoms with Crippen molar-refractivity contribution in [3.05, 3.63) is 83.2 Å². The van der Waals surface area contributed by atoms with Crippen molar-refractivity contribution in [2.45, 2.75) is 44.5 Å². The molecule has 2 atom stereocenters. The molecule has 2 unspecified atom stereocenters. The van der Waals surface area contributed by atoms with E-state index in [0.29, 0.717) is 30.8 Å². The SMILES string of the molecule is O=C(NC1CCc2nc(C(=O)NCC(O)CN3CCc4ccccc4C3)cn2C1)c1ccncc1. The Balaban J connectivity index is 1.10. The van der Waals surface area contributed by atoms with Gasteiger partial charge in [0.2, 0.25) is 0 Å². The molecule has 5 rings (SSSR count). The van der Waals surface area contributed by atoms with E-state index < -0.39 is 6.10 Å². The first-order valence-electron chi connectivity index (χ1n) is 12.1. The van der Waals surface area contributed by atoms with Crippen molar-refractivity contribution < 1.29 is 14.7 Å². The van der Waals surface area contributed by atoms with Crippen LogP contribution in [0.5, 0.6) is 0 Å². The molecule has 0 bridgehead atoms. The van der Waals surface area contributed by atoms with Gasteiger partial charge in [-0.15, -0.1) is 0 Å². The molecule has 35 heavy (non-hydrogen) atoms. The summed E-state index contributed by atoms with van der Waals surface area (Å²) in [5.41, 5.74) is 3.58. The highest BCUT2D eigenvalue weighted by molar-refractivity contribution is 5.94. The maximum absolute atomic E-state index is 12.7. The molecule has 0 radical (unpaired) electrons. The Kier molecular flexibility index (Phi) is 6.87. The number of fused-ring (bicyclic) bond motifs is 2. The summed E-state index contributed by atoms with van der Waals surface area (Å²) in [7, 11) is 0. The number of imidazole rings is 1. The fraction of sp³-hybridized carbons (Fsp3) is 0.385. The maximum Gasteiger partial charge on any atom is 0.271 e. The molecule has 3 N–H and O–H groups in total. The van der Waals surface area contributed by atoms with Gasteiger partial charge in [-0.2, -0.15) is 0 Å². The molecule has 9 nitrogen and oxygen atoms in total. The van der Waals surface area contributed by atoms with Gasteiger partial charge in [-0.1, -0.05) is 24.3 Å². The minimum absolute atomic E-state index is 0.0372. The highest BCUT2D eigenvalue weighted by atomic mass is 16.3. The third-order valence-corrected chi connectivity index (χ3v) is 6.68. The summed E-state index contributed by atoms with van der Waals surface area (Å²) in [5.74, 6) is 0.398. The molecule has 1 aromatic carbocycles. The molecule has 0 saturated carbocycles. The topological polar surface area (TPSA) is 112 Å². The van der Waals surface area contributed by atoms with Crippen LogP contribution in [0.3, 0.4) is 0 Å². The van der Waals surface area contributed by atoms with Crippen molar-refractivity contribution >= 4 is 11.8 Å². The van der Waals surface area contributed by atoms with E-state index in [1.807, 2.05) is 10.6 Å². The number of carbonyl (C=O) groups is 2. The predicted octanol–water partition coefficient (Wildman–Crippen LogP) is 1.17. The van der Waals surface area contributed by atoms with E-state index in [0.717, 1.165) is 31.8 Å². The number of pyridine rings is 1. The number of nitrogens with zero attached hydrogens (tertiary/aromatic N) is 4. The van der Waals surface area contributed by atoms with E-state index in [-0.39, 0.29) is 24.4 Å². The molecular weight excluding hydrogens is 444 g/mol. The van der Waals surface area contributed by atoms with Gasteiger partial charge < -0.3 is 20.3 Å². The van der Waals surface area contributed by atoms with Crippen LogP contribution in [0.15, 0.2) is 55.0 Å². The van der Waals surface area contributed by atoms with E-state index in [9.17, 15) is 14.7 Å². The zero-order valence-electron chi connectivity index (χ0n) is 19.6. The molecular formula is C26H30N6O3. The number of β-amino-alcohol motifs (C(OH)–C–C–N with tert-alkyl or cyclic N) is 1. The van der Waals surface area contributed by atoms with Gasteiger partial charge in [-0.25, -0.2) is 4.98 Å². The number of aromatic nitrogens is 3. The smallest absolute Gasteiger partial charge is 0.271 e. The summed E-state index contributed by atoms with van der Waals surface area (Å²) in [4.78, 5) is 35.8. The molecule has 2 amide bonds. The number of aliphatic hydroxyl groups excluding tert-OH is 1. The summed E-state index contributed by atoms with van der Waals surface area (Å²) in [5, 5.41) is 16.4. The van der Waals surface area contributed by atoms with Crippen molar-refractivity contribution in [2.75, 3.05) is 19.6 Å². The van der Waals surface area contributed by atoms with Crippen molar-refractivity contribution in [1.82, 2.24) is 30.1 Å². The van der Waals surface area contributed by atoms with Crippen molar-refractivity contribution in [2.24, 2.45) is 0 Å². The number of aryl methyl sites for hydroxylation is 1. The standard InChI is InChI=1S/C26H30N6O3/c33-22(16-31-12-9-18-3-1-2-4-20(18)14-31)13-28-26(35)23-17-32-15-21(5-6-24(32)30-23)29-25(34)19-7-10-27-11-8-19/h1-4,7-8,10-11,17,21-22,33H,5-6,9,12-16H2,(H,28,35)(H,29,34). The lowest BCUT2D eigenvalue weighted by Gasteiger charge is -2.30. The zero-order valence-corrected chi connectivity index (χ0v) is 19.6. The highest BCUT2D eigenvalue weighted by Crippen LogP contribution is 2.19. The third kappa shape index (κ3) is 5.58. The van der Waals surface area contributed by atoms with Gasteiger partial charge in [0.05, 0.1) is 6.10 Å². The Morgan fingerprint density at radius 1 is 1.09 bits per heavy atom. The number of hydrogen-bond acceptors (Lipinski definition) is 6. The van der Waals surface area contributed by atoms with Gasteiger partial charge in [0, 0.05) is 69.3 Å². The van der Waals surface area contributed by atoms with Gasteiger partial charge >= 0.3 is 0 Å². The summed E-state index contributed by atoms with van der Waals surface area (Å²) in [6.45, 7) is 2.95. The summed E-state index contributed by atoms with van der Waals surface area (Å²) in [6, 6.07) is 11.7. The van der Waals surface area contributed by atoms with Crippen LogP contribution in [0.25, 0.3) is 0 Å². The summed E-state index contributed by atoms with van der Waals surface area (Å²) in [6.07, 6.45) is 6.66. The maximum atomic E-state index is 12.7. The van der Waals surface area contributed by atoms with Gasteiger partial charge in [-0.3, -0.25) is 19.5 Å². The summed E-state index contributed by atoms with van der Waals surface area (Å²) >= 11 is 0. The van der Waals surface area contributed by atoms with Crippen LogP contribution in [-0.2, 0) is 25.9 Å². The van der Waals surface area contributed by atoms with Gasteiger partial charge in [0.25, 0.3) is 11.8 Å². The lowest BCUT2D eigenvalue weighted by Crippen LogP contribution is -2.42. The van der Waals surface area contributed by atoms with Crippen molar-refractivity contribution in [1.29, 1.82) is 0 Å². The molecule has 3 aromatic rings. The Labute approximate surface area is 204 Å². The monoisotopic (exact) mass is 474 g/mol. The van der Waals surface area contributed by atoms with Crippen LogP contribution in [0, 0.1) is 0 Å². The van der Waals surface area contributed by atoms with Crippen LogP contribution in [0.1, 0.15) is 44.2 Å². The fourth-order valence-corrected chi connectivity index (χ4v) is 4.82. The van der Waals surface area contributed by atoms with E-state index >= 15 is 0 Å². The molecule has 2 aliphatic heterocycles.